The molecule has 5 heteroatoms. The van der Waals surface area contributed by atoms with Crippen LogP contribution in [0.5, 0.6) is 0 Å². The molecule has 1 atom stereocenters. The van der Waals surface area contributed by atoms with E-state index in [-0.39, 0.29) is 6.61 Å². The standard InChI is InChI=1S/C16H17N3O2/c1-11-18-14-10-17-8-6-15(14)19(11)13-4-2-12(3-5-13)16(21)7-9-20/h2-6,8,10,16,20-21H,7,9H2,1H3. The number of imidazole rings is 1. The minimum Gasteiger partial charge on any atom is -0.396 e. The van der Waals surface area contributed by atoms with Crippen molar-refractivity contribution >= 4 is 11.0 Å². The molecule has 0 saturated carbocycles. The molecule has 0 aliphatic heterocycles. The van der Waals surface area contributed by atoms with Gasteiger partial charge in [0.1, 0.15) is 11.3 Å². The van der Waals surface area contributed by atoms with Gasteiger partial charge in [0.2, 0.25) is 0 Å². The molecule has 0 fully saturated rings. The fraction of sp³-hybridized carbons (Fsp3) is 0.250. The zero-order chi connectivity index (χ0) is 14.8. The lowest BCUT2D eigenvalue weighted by atomic mass is 10.1. The Morgan fingerprint density at radius 1 is 1.19 bits per heavy atom. The first-order valence-corrected chi connectivity index (χ1v) is 6.89. The van der Waals surface area contributed by atoms with E-state index in [0.29, 0.717) is 6.42 Å². The molecule has 0 saturated heterocycles. The molecule has 0 bridgehead atoms. The average molecular weight is 283 g/mol. The fourth-order valence-electron chi connectivity index (χ4n) is 2.51. The van der Waals surface area contributed by atoms with Crippen LogP contribution in [0.2, 0.25) is 0 Å². The van der Waals surface area contributed by atoms with E-state index in [1.807, 2.05) is 37.3 Å². The minimum absolute atomic E-state index is 0.0266. The van der Waals surface area contributed by atoms with Crippen LogP contribution in [-0.4, -0.2) is 31.4 Å². The van der Waals surface area contributed by atoms with Gasteiger partial charge in [-0.05, 0) is 30.7 Å². The van der Waals surface area contributed by atoms with Crippen molar-refractivity contribution in [1.29, 1.82) is 0 Å². The second-order valence-corrected chi connectivity index (χ2v) is 4.98. The van der Waals surface area contributed by atoms with Gasteiger partial charge in [0.05, 0.1) is 17.8 Å². The average Bonchev–Trinajstić information content (AvgIpc) is 2.83. The fourth-order valence-corrected chi connectivity index (χ4v) is 2.51. The number of nitrogens with zero attached hydrogens (tertiary/aromatic N) is 3. The Bertz CT molecular complexity index is 750. The number of rotatable bonds is 4. The van der Waals surface area contributed by atoms with Crippen molar-refractivity contribution in [2.75, 3.05) is 6.61 Å². The highest BCUT2D eigenvalue weighted by molar-refractivity contribution is 5.77. The van der Waals surface area contributed by atoms with Gasteiger partial charge >= 0.3 is 0 Å². The van der Waals surface area contributed by atoms with Crippen molar-refractivity contribution in [3.05, 3.63) is 54.1 Å². The third-order valence-electron chi connectivity index (χ3n) is 3.56. The van der Waals surface area contributed by atoms with Crippen LogP contribution < -0.4 is 0 Å². The Balaban J connectivity index is 2.01. The predicted octanol–water partition coefficient (Wildman–Crippen LogP) is 2.14. The van der Waals surface area contributed by atoms with Crippen LogP contribution in [0.15, 0.2) is 42.7 Å². The number of fused-ring (bicyclic) bond motifs is 1. The largest absolute Gasteiger partial charge is 0.396 e. The summed E-state index contributed by atoms with van der Waals surface area (Å²) in [6.07, 6.45) is 3.21. The Kier molecular flexibility index (Phi) is 3.68. The summed E-state index contributed by atoms with van der Waals surface area (Å²) < 4.78 is 2.05. The summed E-state index contributed by atoms with van der Waals surface area (Å²) in [6, 6.07) is 9.59. The van der Waals surface area contributed by atoms with Crippen LogP contribution in [0.1, 0.15) is 23.9 Å². The van der Waals surface area contributed by atoms with Gasteiger partial charge in [-0.2, -0.15) is 0 Å². The van der Waals surface area contributed by atoms with E-state index in [4.69, 9.17) is 5.11 Å². The van der Waals surface area contributed by atoms with Gasteiger partial charge < -0.3 is 10.2 Å². The summed E-state index contributed by atoms with van der Waals surface area (Å²) in [5, 5.41) is 18.8. The lowest BCUT2D eigenvalue weighted by molar-refractivity contribution is 0.134. The number of aliphatic hydroxyl groups is 2. The molecule has 0 spiro atoms. The molecule has 0 aliphatic carbocycles. The normalized spacial score (nSPS) is 12.7. The van der Waals surface area contributed by atoms with Crippen molar-refractivity contribution in [1.82, 2.24) is 14.5 Å². The molecule has 0 radical (unpaired) electrons. The van der Waals surface area contributed by atoms with Crippen LogP contribution in [0, 0.1) is 6.92 Å². The maximum Gasteiger partial charge on any atom is 0.111 e. The third-order valence-corrected chi connectivity index (χ3v) is 3.56. The van der Waals surface area contributed by atoms with Crippen LogP contribution in [0.3, 0.4) is 0 Å². The van der Waals surface area contributed by atoms with Gasteiger partial charge in [0.25, 0.3) is 0 Å². The summed E-state index contributed by atoms with van der Waals surface area (Å²) in [7, 11) is 0. The number of pyridine rings is 1. The highest BCUT2D eigenvalue weighted by Gasteiger charge is 2.10. The Labute approximate surface area is 122 Å². The highest BCUT2D eigenvalue weighted by atomic mass is 16.3. The second-order valence-electron chi connectivity index (χ2n) is 4.98. The Morgan fingerprint density at radius 3 is 2.67 bits per heavy atom. The molecule has 1 unspecified atom stereocenters. The predicted molar refractivity (Wildman–Crippen MR) is 80.3 cm³/mol. The lowest BCUT2D eigenvalue weighted by Gasteiger charge is -2.11. The molecule has 1 aromatic carbocycles. The second kappa shape index (κ2) is 5.63. The van der Waals surface area contributed by atoms with Crippen LogP contribution >= 0.6 is 0 Å². The molecule has 2 N–H and O–H groups in total. The third kappa shape index (κ3) is 2.53. The molecule has 2 aromatic heterocycles. The number of aryl methyl sites for hydroxylation is 1. The monoisotopic (exact) mass is 283 g/mol. The molecule has 2 heterocycles. The van der Waals surface area contributed by atoms with Gasteiger partial charge in [0, 0.05) is 24.9 Å². The molecule has 5 nitrogen and oxygen atoms in total. The molecular formula is C16H17N3O2. The molecule has 3 rings (SSSR count). The summed E-state index contributed by atoms with van der Waals surface area (Å²) in [4.78, 5) is 8.58. The van der Waals surface area contributed by atoms with Crippen LogP contribution in [0.25, 0.3) is 16.7 Å². The van der Waals surface area contributed by atoms with Gasteiger partial charge in [-0.15, -0.1) is 0 Å². The number of hydrogen-bond acceptors (Lipinski definition) is 4. The number of benzene rings is 1. The molecule has 0 amide bonds. The van der Waals surface area contributed by atoms with Gasteiger partial charge in [-0.1, -0.05) is 12.1 Å². The van der Waals surface area contributed by atoms with E-state index in [0.717, 1.165) is 28.1 Å². The smallest absolute Gasteiger partial charge is 0.111 e. The SMILES string of the molecule is Cc1nc2cnccc2n1-c1ccc(C(O)CCO)cc1. The van der Waals surface area contributed by atoms with E-state index < -0.39 is 6.10 Å². The molecule has 108 valence electrons. The molecular weight excluding hydrogens is 266 g/mol. The Morgan fingerprint density at radius 2 is 1.95 bits per heavy atom. The van der Waals surface area contributed by atoms with Crippen molar-refractivity contribution in [3.63, 3.8) is 0 Å². The van der Waals surface area contributed by atoms with E-state index >= 15 is 0 Å². The Hall–Kier alpha value is -2.24. The first-order valence-electron chi connectivity index (χ1n) is 6.89. The number of aliphatic hydroxyl groups excluding tert-OH is 2. The van der Waals surface area contributed by atoms with Crippen molar-refractivity contribution in [3.8, 4) is 5.69 Å². The van der Waals surface area contributed by atoms with Crippen LogP contribution in [0.4, 0.5) is 0 Å². The highest BCUT2D eigenvalue weighted by Crippen LogP contribution is 2.23. The first kappa shape index (κ1) is 13.7. The van der Waals surface area contributed by atoms with E-state index in [2.05, 4.69) is 14.5 Å². The summed E-state index contributed by atoms with van der Waals surface area (Å²) in [5.74, 6) is 0.890. The summed E-state index contributed by atoms with van der Waals surface area (Å²) in [6.45, 7) is 1.93. The van der Waals surface area contributed by atoms with E-state index in [1.54, 1.807) is 12.4 Å². The van der Waals surface area contributed by atoms with E-state index in [1.165, 1.54) is 0 Å². The van der Waals surface area contributed by atoms with Gasteiger partial charge in [-0.25, -0.2) is 4.98 Å². The van der Waals surface area contributed by atoms with Gasteiger partial charge in [0.15, 0.2) is 0 Å². The number of hydrogen-bond donors (Lipinski definition) is 2. The topological polar surface area (TPSA) is 71.2 Å². The van der Waals surface area contributed by atoms with E-state index in [9.17, 15) is 5.11 Å². The minimum atomic E-state index is -0.631. The summed E-state index contributed by atoms with van der Waals surface area (Å²) >= 11 is 0. The molecule has 21 heavy (non-hydrogen) atoms. The van der Waals surface area contributed by atoms with Crippen molar-refractivity contribution < 1.29 is 10.2 Å². The quantitative estimate of drug-likeness (QED) is 0.769. The maximum absolute atomic E-state index is 9.88. The molecule has 0 aliphatic rings. The zero-order valence-electron chi connectivity index (χ0n) is 11.8. The summed E-state index contributed by atoms with van der Waals surface area (Å²) in [5.41, 5.74) is 3.66. The zero-order valence-corrected chi connectivity index (χ0v) is 11.8. The molecule has 3 aromatic rings. The maximum atomic E-state index is 9.88. The first-order chi connectivity index (χ1) is 10.2. The van der Waals surface area contributed by atoms with Gasteiger partial charge in [-0.3, -0.25) is 9.55 Å². The van der Waals surface area contributed by atoms with Crippen LogP contribution in [-0.2, 0) is 0 Å². The van der Waals surface area contributed by atoms with Crippen molar-refractivity contribution in [2.45, 2.75) is 19.4 Å². The number of aromatic nitrogens is 3. The lowest BCUT2D eigenvalue weighted by Crippen LogP contribution is -2.01. The van der Waals surface area contributed by atoms with Crippen molar-refractivity contribution in [2.24, 2.45) is 0 Å².